The highest BCUT2D eigenvalue weighted by atomic mass is 35.5. The lowest BCUT2D eigenvalue weighted by molar-refractivity contribution is -0.190. The number of halogens is 4. The average Bonchev–Trinajstić information content (AvgIpc) is 3.57. The highest BCUT2D eigenvalue weighted by Crippen LogP contribution is 2.39. The van der Waals surface area contributed by atoms with Gasteiger partial charge in [0.05, 0.1) is 35.7 Å². The standard InChI is InChI=1S/C27H30ClF3N6O5/c1-15(41-4)23-20(11-32-37-13-21(28)34-25(23)37)33-19-7-5-17(6-8-19)24(27(29,30)31)35(3)26(40)18-9-10-36(12-18)22(39)14-42-16(2)38/h5-8,11,13,15,18,24,33H,9-10,12,14H2,1-4H3/t15-,18?,24-/m0/s1. The van der Waals surface area contributed by atoms with E-state index in [0.29, 0.717) is 27.5 Å². The van der Waals surface area contributed by atoms with Gasteiger partial charge in [-0.15, -0.1) is 0 Å². The number of alkyl halides is 3. The van der Waals surface area contributed by atoms with E-state index in [4.69, 9.17) is 21.1 Å². The van der Waals surface area contributed by atoms with Crippen LogP contribution in [0.2, 0.25) is 5.15 Å². The van der Waals surface area contributed by atoms with Gasteiger partial charge in [-0.25, -0.2) is 9.50 Å². The topological polar surface area (TPSA) is 118 Å². The molecule has 2 amide bonds. The lowest BCUT2D eigenvalue weighted by atomic mass is 10.0. The van der Waals surface area contributed by atoms with Crippen molar-refractivity contribution in [2.75, 3.05) is 39.2 Å². The van der Waals surface area contributed by atoms with Gasteiger partial charge in [-0.05, 0) is 31.0 Å². The Bertz CT molecular complexity index is 1460. The third kappa shape index (κ3) is 6.76. The first kappa shape index (κ1) is 31.0. The van der Waals surface area contributed by atoms with E-state index in [1.807, 2.05) is 6.92 Å². The molecule has 226 valence electrons. The van der Waals surface area contributed by atoms with Gasteiger partial charge in [-0.1, -0.05) is 23.7 Å². The van der Waals surface area contributed by atoms with Crippen LogP contribution >= 0.6 is 11.6 Å². The number of fused-ring (bicyclic) bond motifs is 1. The van der Waals surface area contributed by atoms with Crippen LogP contribution in [0.15, 0.2) is 36.7 Å². The number of amides is 2. The third-order valence-electron chi connectivity index (χ3n) is 7.10. The van der Waals surface area contributed by atoms with Crippen LogP contribution in [-0.2, 0) is 23.9 Å². The molecule has 0 saturated carbocycles. The van der Waals surface area contributed by atoms with E-state index in [1.54, 1.807) is 6.20 Å². The van der Waals surface area contributed by atoms with Crippen molar-refractivity contribution in [2.24, 2.45) is 5.92 Å². The summed E-state index contributed by atoms with van der Waals surface area (Å²) in [6, 6.07) is 3.33. The highest BCUT2D eigenvalue weighted by Gasteiger charge is 2.47. The number of hydrogen-bond acceptors (Lipinski definition) is 8. The Morgan fingerprint density at radius 1 is 1.24 bits per heavy atom. The lowest BCUT2D eigenvalue weighted by Crippen LogP contribution is -2.43. The van der Waals surface area contributed by atoms with Gasteiger partial charge >= 0.3 is 12.1 Å². The first-order chi connectivity index (χ1) is 19.8. The summed E-state index contributed by atoms with van der Waals surface area (Å²) in [4.78, 5) is 42.6. The molecule has 0 spiro atoms. The van der Waals surface area contributed by atoms with Crippen LogP contribution in [0, 0.1) is 5.92 Å². The summed E-state index contributed by atoms with van der Waals surface area (Å²) in [6.45, 7) is 2.61. The van der Waals surface area contributed by atoms with Crippen molar-refractivity contribution in [1.29, 1.82) is 0 Å². The summed E-state index contributed by atoms with van der Waals surface area (Å²) >= 11 is 6.05. The molecule has 0 bridgehead atoms. The lowest BCUT2D eigenvalue weighted by Gasteiger charge is -2.32. The molecule has 3 heterocycles. The molecule has 0 radical (unpaired) electrons. The van der Waals surface area contributed by atoms with Crippen LogP contribution in [-0.4, -0.2) is 82.2 Å². The van der Waals surface area contributed by atoms with Gasteiger partial charge < -0.3 is 24.6 Å². The molecule has 15 heteroatoms. The third-order valence-corrected chi connectivity index (χ3v) is 7.28. The molecule has 1 N–H and O–H groups in total. The van der Waals surface area contributed by atoms with E-state index in [0.717, 1.165) is 14.0 Å². The van der Waals surface area contributed by atoms with E-state index >= 15 is 0 Å². The van der Waals surface area contributed by atoms with Crippen LogP contribution in [0.5, 0.6) is 0 Å². The van der Waals surface area contributed by atoms with Crippen molar-refractivity contribution in [1.82, 2.24) is 24.4 Å². The van der Waals surface area contributed by atoms with E-state index in [-0.39, 0.29) is 30.2 Å². The molecule has 2 aromatic heterocycles. The number of likely N-dealkylation sites (tertiary alicyclic amines) is 1. The van der Waals surface area contributed by atoms with Gasteiger partial charge in [0.2, 0.25) is 5.91 Å². The van der Waals surface area contributed by atoms with E-state index in [9.17, 15) is 27.6 Å². The molecule has 1 aliphatic rings. The quantitative estimate of drug-likeness (QED) is 0.356. The molecule has 3 aromatic rings. The van der Waals surface area contributed by atoms with Gasteiger partial charge in [0, 0.05) is 39.9 Å². The number of nitrogens with one attached hydrogen (secondary N) is 1. The van der Waals surface area contributed by atoms with Gasteiger partial charge in [-0.3, -0.25) is 14.4 Å². The number of ether oxygens (including phenoxy) is 2. The zero-order chi connectivity index (χ0) is 30.8. The molecule has 3 atom stereocenters. The number of hydrogen-bond donors (Lipinski definition) is 1. The number of imidazole rings is 1. The number of anilines is 2. The number of carbonyl (C=O) groups is 3. The number of rotatable bonds is 9. The predicted molar refractivity (Wildman–Crippen MR) is 146 cm³/mol. The highest BCUT2D eigenvalue weighted by molar-refractivity contribution is 6.29. The van der Waals surface area contributed by atoms with Crippen molar-refractivity contribution in [3.8, 4) is 0 Å². The zero-order valence-electron chi connectivity index (χ0n) is 23.3. The first-order valence-electron chi connectivity index (χ1n) is 13.0. The Morgan fingerprint density at radius 3 is 2.55 bits per heavy atom. The van der Waals surface area contributed by atoms with Crippen LogP contribution in [0.25, 0.3) is 5.65 Å². The summed E-state index contributed by atoms with van der Waals surface area (Å²) in [6.07, 6.45) is -1.89. The normalized spacial score (nSPS) is 16.8. The second kappa shape index (κ2) is 12.5. The minimum Gasteiger partial charge on any atom is -0.456 e. The Kier molecular flexibility index (Phi) is 9.26. The number of carbonyl (C=O) groups excluding carboxylic acids is 3. The van der Waals surface area contributed by atoms with E-state index < -0.39 is 48.6 Å². The van der Waals surface area contributed by atoms with Gasteiger partial charge in [0.25, 0.3) is 5.91 Å². The number of benzene rings is 1. The Hall–Kier alpha value is -3.91. The van der Waals surface area contributed by atoms with Crippen molar-refractivity contribution < 1.29 is 37.0 Å². The van der Waals surface area contributed by atoms with Crippen LogP contribution < -0.4 is 5.32 Å². The smallest absolute Gasteiger partial charge is 0.413 e. The number of nitrogens with zero attached hydrogens (tertiary/aromatic N) is 5. The van der Waals surface area contributed by atoms with Crippen LogP contribution in [0.1, 0.15) is 43.5 Å². The molecular formula is C27H30ClF3N6O5. The van der Waals surface area contributed by atoms with Crippen molar-refractivity contribution >= 4 is 46.4 Å². The maximum absolute atomic E-state index is 14.3. The summed E-state index contributed by atoms with van der Waals surface area (Å²) in [5.74, 6) is -2.69. The average molecular weight is 611 g/mol. The summed E-state index contributed by atoms with van der Waals surface area (Å²) in [5, 5.41) is 7.67. The van der Waals surface area contributed by atoms with E-state index in [2.05, 4.69) is 15.4 Å². The molecule has 11 nitrogen and oxygen atoms in total. The molecule has 1 aliphatic heterocycles. The second-order valence-electron chi connectivity index (χ2n) is 9.93. The second-order valence-corrected chi connectivity index (χ2v) is 10.3. The van der Waals surface area contributed by atoms with Crippen LogP contribution in [0.4, 0.5) is 24.5 Å². The minimum atomic E-state index is -4.77. The minimum absolute atomic E-state index is 0.0565. The monoisotopic (exact) mass is 610 g/mol. The maximum atomic E-state index is 14.3. The summed E-state index contributed by atoms with van der Waals surface area (Å²) in [5.41, 5.74) is 1.98. The van der Waals surface area contributed by atoms with Gasteiger partial charge in [0.15, 0.2) is 18.3 Å². The molecule has 4 rings (SSSR count). The summed E-state index contributed by atoms with van der Waals surface area (Å²) in [7, 11) is 2.63. The fourth-order valence-electron chi connectivity index (χ4n) is 4.94. The van der Waals surface area contributed by atoms with E-state index in [1.165, 1.54) is 47.0 Å². The van der Waals surface area contributed by atoms with Crippen LogP contribution in [0.3, 0.4) is 0 Å². The molecular weight excluding hydrogens is 581 g/mol. The number of aromatic nitrogens is 3. The molecule has 1 unspecified atom stereocenters. The van der Waals surface area contributed by atoms with Crippen molar-refractivity contribution in [2.45, 2.75) is 38.6 Å². The molecule has 0 aliphatic carbocycles. The van der Waals surface area contributed by atoms with Crippen molar-refractivity contribution in [3.63, 3.8) is 0 Å². The Balaban J connectivity index is 1.52. The van der Waals surface area contributed by atoms with Gasteiger partial charge in [0.1, 0.15) is 5.15 Å². The predicted octanol–water partition coefficient (Wildman–Crippen LogP) is 4.31. The maximum Gasteiger partial charge on any atom is 0.413 e. The fraction of sp³-hybridized carbons (Fsp3) is 0.444. The molecule has 1 aromatic carbocycles. The molecule has 42 heavy (non-hydrogen) atoms. The SMILES string of the molecule is CO[C@@H](C)c1c(Nc2ccc([C@H](N(C)C(=O)C3CCN(C(=O)COC(C)=O)C3)C(F)(F)F)cc2)cnn2cc(Cl)nc12. The molecule has 1 saturated heterocycles. The Labute approximate surface area is 244 Å². The largest absolute Gasteiger partial charge is 0.456 e. The fourth-order valence-corrected chi connectivity index (χ4v) is 5.11. The van der Waals surface area contributed by atoms with Gasteiger partial charge in [-0.2, -0.15) is 18.3 Å². The number of methoxy groups -OCH3 is 1. The van der Waals surface area contributed by atoms with Crippen molar-refractivity contribution in [3.05, 3.63) is 52.9 Å². The summed E-state index contributed by atoms with van der Waals surface area (Å²) < 4.78 is 54.6. The number of esters is 1. The molecule has 1 fully saturated rings. The first-order valence-corrected chi connectivity index (χ1v) is 13.4. The Morgan fingerprint density at radius 2 is 1.93 bits per heavy atom. The zero-order valence-corrected chi connectivity index (χ0v) is 24.1.